The molecule has 0 nitrogen and oxygen atoms in total. The van der Waals surface area contributed by atoms with Gasteiger partial charge in [0.25, 0.3) is 0 Å². The van der Waals surface area contributed by atoms with Crippen molar-refractivity contribution in [2.75, 3.05) is 0 Å². The van der Waals surface area contributed by atoms with E-state index in [2.05, 4.69) is 109 Å². The maximum absolute atomic E-state index is 2.31. The van der Waals surface area contributed by atoms with Crippen LogP contribution in [0.4, 0.5) is 0 Å². The number of rotatable bonds is 2. The molecule has 0 spiro atoms. The Balaban J connectivity index is 1.73. The Kier molecular flexibility index (Phi) is 3.54. The Bertz CT molecular complexity index is 1220. The first-order valence-electron chi connectivity index (χ1n) is 8.96. The summed E-state index contributed by atoms with van der Waals surface area (Å²) < 4.78 is 0. The summed E-state index contributed by atoms with van der Waals surface area (Å²) in [6, 6.07) is 39.1. The Labute approximate surface area is 153 Å². The lowest BCUT2D eigenvalue weighted by atomic mass is 9.94. The molecule has 5 rings (SSSR count). The van der Waals surface area contributed by atoms with E-state index in [1.165, 1.54) is 43.8 Å². The Morgan fingerprint density at radius 1 is 0.346 bits per heavy atom. The van der Waals surface area contributed by atoms with Crippen LogP contribution in [0.15, 0.2) is 109 Å². The number of hydrogen-bond acceptors (Lipinski definition) is 0. The van der Waals surface area contributed by atoms with Crippen molar-refractivity contribution in [3.05, 3.63) is 109 Å². The number of hydrogen-bond donors (Lipinski definition) is 0. The van der Waals surface area contributed by atoms with Crippen molar-refractivity contribution in [1.82, 2.24) is 0 Å². The van der Waals surface area contributed by atoms with E-state index in [0.29, 0.717) is 0 Å². The maximum Gasteiger partial charge on any atom is -0.00990 e. The van der Waals surface area contributed by atoms with Gasteiger partial charge in [0.1, 0.15) is 0 Å². The molecule has 0 saturated carbocycles. The predicted octanol–water partition coefficient (Wildman–Crippen LogP) is 7.33. The standard InChI is InChI=1S/C26H18/c1-2-8-19(9-3-1)20-12-6-13-23(16-20)25-15-7-14-24-17-21-10-4-5-11-22(21)18-26(24)25/h1-18H. The first-order valence-corrected chi connectivity index (χ1v) is 8.96. The fourth-order valence-corrected chi connectivity index (χ4v) is 3.72. The van der Waals surface area contributed by atoms with Crippen molar-refractivity contribution in [3.63, 3.8) is 0 Å². The van der Waals surface area contributed by atoms with Crippen LogP contribution in [-0.4, -0.2) is 0 Å². The minimum Gasteiger partial charge on any atom is -0.0622 e. The van der Waals surface area contributed by atoms with Crippen LogP contribution in [-0.2, 0) is 0 Å². The summed E-state index contributed by atoms with van der Waals surface area (Å²) in [5.74, 6) is 0. The van der Waals surface area contributed by atoms with E-state index in [4.69, 9.17) is 0 Å². The van der Waals surface area contributed by atoms with Gasteiger partial charge in [0, 0.05) is 0 Å². The predicted molar refractivity (Wildman–Crippen MR) is 112 cm³/mol. The second-order valence-electron chi connectivity index (χ2n) is 6.67. The Morgan fingerprint density at radius 3 is 1.81 bits per heavy atom. The molecular formula is C26H18. The van der Waals surface area contributed by atoms with Crippen LogP contribution in [0.5, 0.6) is 0 Å². The first-order chi connectivity index (χ1) is 12.9. The molecule has 0 aliphatic carbocycles. The SMILES string of the molecule is c1ccc(-c2cccc(-c3cccc4cc5ccccc5cc34)c2)cc1. The molecule has 122 valence electrons. The number of fused-ring (bicyclic) bond motifs is 2. The smallest absolute Gasteiger partial charge is 0.00990 e. The third-order valence-electron chi connectivity index (χ3n) is 5.03. The monoisotopic (exact) mass is 330 g/mol. The van der Waals surface area contributed by atoms with E-state index in [1.807, 2.05) is 0 Å². The summed E-state index contributed by atoms with van der Waals surface area (Å²) in [6.07, 6.45) is 0. The van der Waals surface area contributed by atoms with Crippen molar-refractivity contribution >= 4 is 21.5 Å². The van der Waals surface area contributed by atoms with Gasteiger partial charge in [0.15, 0.2) is 0 Å². The third-order valence-corrected chi connectivity index (χ3v) is 5.03. The lowest BCUT2D eigenvalue weighted by molar-refractivity contribution is 1.60. The Morgan fingerprint density at radius 2 is 0.962 bits per heavy atom. The minimum atomic E-state index is 1.25. The fourth-order valence-electron chi connectivity index (χ4n) is 3.72. The van der Waals surface area contributed by atoms with Gasteiger partial charge in [0.05, 0.1) is 0 Å². The maximum atomic E-state index is 2.31. The molecule has 5 aromatic carbocycles. The van der Waals surface area contributed by atoms with Gasteiger partial charge >= 0.3 is 0 Å². The summed E-state index contributed by atoms with van der Waals surface area (Å²) in [5.41, 5.74) is 5.04. The van der Waals surface area contributed by atoms with Gasteiger partial charge in [-0.1, -0.05) is 91.0 Å². The molecular weight excluding hydrogens is 312 g/mol. The van der Waals surface area contributed by atoms with Crippen molar-refractivity contribution in [1.29, 1.82) is 0 Å². The normalized spacial score (nSPS) is 11.1. The second-order valence-corrected chi connectivity index (χ2v) is 6.67. The van der Waals surface area contributed by atoms with Crippen LogP contribution in [0.25, 0.3) is 43.8 Å². The van der Waals surface area contributed by atoms with Crippen LogP contribution < -0.4 is 0 Å². The highest BCUT2D eigenvalue weighted by atomic mass is 14.1. The van der Waals surface area contributed by atoms with Crippen molar-refractivity contribution < 1.29 is 0 Å². The van der Waals surface area contributed by atoms with E-state index in [9.17, 15) is 0 Å². The zero-order chi connectivity index (χ0) is 17.3. The molecule has 5 aromatic rings. The molecule has 0 unspecified atom stereocenters. The molecule has 26 heavy (non-hydrogen) atoms. The minimum absolute atomic E-state index is 1.25. The average Bonchev–Trinajstić information content (AvgIpc) is 2.72. The summed E-state index contributed by atoms with van der Waals surface area (Å²) in [6.45, 7) is 0. The Hall–Kier alpha value is -3.38. The van der Waals surface area contributed by atoms with Gasteiger partial charge in [-0.15, -0.1) is 0 Å². The molecule has 0 aliphatic heterocycles. The average molecular weight is 330 g/mol. The zero-order valence-corrected chi connectivity index (χ0v) is 14.4. The third kappa shape index (κ3) is 2.57. The molecule has 0 heteroatoms. The second kappa shape index (κ2) is 6.16. The van der Waals surface area contributed by atoms with Crippen LogP contribution >= 0.6 is 0 Å². The molecule has 0 saturated heterocycles. The van der Waals surface area contributed by atoms with Crippen LogP contribution in [0.2, 0.25) is 0 Å². The van der Waals surface area contributed by atoms with E-state index in [0.717, 1.165) is 0 Å². The highest BCUT2D eigenvalue weighted by molar-refractivity contribution is 6.05. The highest BCUT2D eigenvalue weighted by Crippen LogP contribution is 2.33. The molecule has 0 N–H and O–H groups in total. The largest absolute Gasteiger partial charge is 0.0622 e. The van der Waals surface area contributed by atoms with E-state index in [1.54, 1.807) is 0 Å². The van der Waals surface area contributed by atoms with Crippen molar-refractivity contribution in [2.24, 2.45) is 0 Å². The molecule has 0 fully saturated rings. The van der Waals surface area contributed by atoms with E-state index < -0.39 is 0 Å². The molecule has 0 aliphatic rings. The van der Waals surface area contributed by atoms with Crippen LogP contribution in [0, 0.1) is 0 Å². The topological polar surface area (TPSA) is 0 Å². The summed E-state index contributed by atoms with van der Waals surface area (Å²) in [7, 11) is 0. The molecule has 0 atom stereocenters. The van der Waals surface area contributed by atoms with Gasteiger partial charge in [-0.25, -0.2) is 0 Å². The molecule has 0 bridgehead atoms. The van der Waals surface area contributed by atoms with Gasteiger partial charge in [-0.3, -0.25) is 0 Å². The van der Waals surface area contributed by atoms with Gasteiger partial charge in [-0.2, -0.15) is 0 Å². The van der Waals surface area contributed by atoms with Gasteiger partial charge in [0.2, 0.25) is 0 Å². The zero-order valence-electron chi connectivity index (χ0n) is 14.4. The molecule has 0 amide bonds. The van der Waals surface area contributed by atoms with Crippen LogP contribution in [0.3, 0.4) is 0 Å². The lowest BCUT2D eigenvalue weighted by Crippen LogP contribution is -1.84. The number of benzene rings is 5. The van der Waals surface area contributed by atoms with Crippen molar-refractivity contribution in [2.45, 2.75) is 0 Å². The van der Waals surface area contributed by atoms with E-state index >= 15 is 0 Å². The lowest BCUT2D eigenvalue weighted by Gasteiger charge is -2.10. The van der Waals surface area contributed by atoms with Gasteiger partial charge < -0.3 is 0 Å². The fraction of sp³-hybridized carbons (Fsp3) is 0. The quantitative estimate of drug-likeness (QED) is 0.297. The van der Waals surface area contributed by atoms with Gasteiger partial charge in [-0.05, 0) is 62.0 Å². The van der Waals surface area contributed by atoms with E-state index in [-0.39, 0.29) is 0 Å². The summed E-state index contributed by atoms with van der Waals surface area (Å²) in [5, 5.41) is 5.16. The van der Waals surface area contributed by atoms with Crippen LogP contribution in [0.1, 0.15) is 0 Å². The first kappa shape index (κ1) is 14.9. The summed E-state index contributed by atoms with van der Waals surface area (Å²) >= 11 is 0. The molecule has 0 aromatic heterocycles. The van der Waals surface area contributed by atoms with Crippen molar-refractivity contribution in [3.8, 4) is 22.3 Å². The molecule has 0 heterocycles. The highest BCUT2D eigenvalue weighted by Gasteiger charge is 2.07. The summed E-state index contributed by atoms with van der Waals surface area (Å²) in [4.78, 5) is 0. The molecule has 0 radical (unpaired) electrons.